The highest BCUT2D eigenvalue weighted by atomic mass is 16.1. The van der Waals surface area contributed by atoms with Gasteiger partial charge in [0.05, 0.1) is 0 Å². The number of ketones is 1. The third kappa shape index (κ3) is 4.07. The van der Waals surface area contributed by atoms with E-state index >= 15 is 0 Å². The third-order valence-corrected chi connectivity index (χ3v) is 5.14. The van der Waals surface area contributed by atoms with Crippen LogP contribution in [0.2, 0.25) is 0 Å². The van der Waals surface area contributed by atoms with E-state index in [1.54, 1.807) is 6.20 Å². The molecule has 4 nitrogen and oxygen atoms in total. The molecule has 1 fully saturated rings. The van der Waals surface area contributed by atoms with Crippen LogP contribution in [0, 0.1) is 0 Å². The molecule has 25 heavy (non-hydrogen) atoms. The van der Waals surface area contributed by atoms with Crippen molar-refractivity contribution in [2.45, 2.75) is 32.7 Å². The van der Waals surface area contributed by atoms with E-state index in [9.17, 15) is 4.79 Å². The predicted octanol–water partition coefficient (Wildman–Crippen LogP) is 3.62. The van der Waals surface area contributed by atoms with Crippen LogP contribution in [0.5, 0.6) is 0 Å². The highest BCUT2D eigenvalue weighted by Gasteiger charge is 2.22. The first-order valence-electron chi connectivity index (χ1n) is 9.27. The van der Waals surface area contributed by atoms with E-state index in [1.807, 2.05) is 42.5 Å². The van der Waals surface area contributed by atoms with Gasteiger partial charge in [-0.15, -0.1) is 0 Å². The summed E-state index contributed by atoms with van der Waals surface area (Å²) in [6, 6.07) is 13.9. The van der Waals surface area contributed by atoms with Crippen molar-refractivity contribution in [1.29, 1.82) is 0 Å². The quantitative estimate of drug-likeness (QED) is 0.754. The summed E-state index contributed by atoms with van der Waals surface area (Å²) in [5.74, 6) is 0.993. The van der Waals surface area contributed by atoms with Crippen molar-refractivity contribution in [3.05, 3.63) is 59.8 Å². The largest absolute Gasteiger partial charge is 0.354 e. The molecule has 1 aromatic carbocycles. The summed E-state index contributed by atoms with van der Waals surface area (Å²) in [4.78, 5) is 21.9. The Morgan fingerprint density at radius 2 is 1.64 bits per heavy atom. The molecule has 0 saturated carbocycles. The molecule has 0 radical (unpaired) electrons. The molecule has 0 N–H and O–H groups in total. The number of anilines is 1. The van der Waals surface area contributed by atoms with Crippen molar-refractivity contribution < 1.29 is 4.79 Å². The smallest absolute Gasteiger partial charge is 0.194 e. The minimum atomic E-state index is 0.0261. The Balaban J connectivity index is 1.63. The van der Waals surface area contributed by atoms with Gasteiger partial charge < -0.3 is 4.90 Å². The summed E-state index contributed by atoms with van der Waals surface area (Å²) in [7, 11) is 0. The molecule has 1 saturated heterocycles. The first kappa shape index (κ1) is 17.6. The molecular weight excluding hydrogens is 310 g/mol. The number of hydrogen-bond acceptors (Lipinski definition) is 4. The van der Waals surface area contributed by atoms with Gasteiger partial charge >= 0.3 is 0 Å². The van der Waals surface area contributed by atoms with Crippen LogP contribution < -0.4 is 4.90 Å². The van der Waals surface area contributed by atoms with E-state index in [0.717, 1.165) is 32.0 Å². The lowest BCUT2D eigenvalue weighted by atomic mass is 10.1. The average Bonchev–Trinajstić information content (AvgIpc) is 2.70. The molecule has 0 amide bonds. The first-order valence-corrected chi connectivity index (χ1v) is 9.27. The lowest BCUT2D eigenvalue weighted by Crippen LogP contribution is -2.50. The number of hydrogen-bond donors (Lipinski definition) is 0. The van der Waals surface area contributed by atoms with E-state index in [-0.39, 0.29) is 5.78 Å². The van der Waals surface area contributed by atoms with E-state index < -0.39 is 0 Å². The van der Waals surface area contributed by atoms with Crippen molar-refractivity contribution in [2.24, 2.45) is 0 Å². The number of rotatable bonds is 6. The predicted molar refractivity (Wildman–Crippen MR) is 102 cm³/mol. The lowest BCUT2D eigenvalue weighted by Gasteiger charge is -2.39. The molecule has 0 unspecified atom stereocenters. The molecule has 3 rings (SSSR count). The monoisotopic (exact) mass is 337 g/mol. The first-order chi connectivity index (χ1) is 12.2. The summed E-state index contributed by atoms with van der Waals surface area (Å²) in [5.41, 5.74) is 1.35. The second-order valence-electron chi connectivity index (χ2n) is 6.59. The van der Waals surface area contributed by atoms with Gasteiger partial charge in [0.15, 0.2) is 5.78 Å². The summed E-state index contributed by atoms with van der Waals surface area (Å²) in [5, 5.41) is 0. The van der Waals surface area contributed by atoms with E-state index in [1.165, 1.54) is 12.8 Å². The zero-order valence-electron chi connectivity index (χ0n) is 15.2. The van der Waals surface area contributed by atoms with Crippen molar-refractivity contribution in [3.8, 4) is 0 Å². The maximum atomic E-state index is 12.5. The second kappa shape index (κ2) is 8.26. The number of carbonyl (C=O) groups is 1. The summed E-state index contributed by atoms with van der Waals surface area (Å²) in [6.45, 7) is 8.69. The molecule has 1 aliphatic heterocycles. The van der Waals surface area contributed by atoms with Crippen LogP contribution in [-0.4, -0.2) is 47.9 Å². The van der Waals surface area contributed by atoms with Gasteiger partial charge in [0.2, 0.25) is 0 Å². The van der Waals surface area contributed by atoms with Gasteiger partial charge in [0.1, 0.15) is 5.82 Å². The fourth-order valence-electron chi connectivity index (χ4n) is 3.58. The molecule has 4 heteroatoms. The summed E-state index contributed by atoms with van der Waals surface area (Å²) < 4.78 is 0. The number of piperazine rings is 1. The highest BCUT2D eigenvalue weighted by Crippen LogP contribution is 2.18. The fraction of sp³-hybridized carbons (Fsp3) is 0.429. The third-order valence-electron chi connectivity index (χ3n) is 5.14. The SMILES string of the molecule is CCC(CC)N1CCN(c2ccc(C(=O)c3ccccc3)cn2)CC1. The molecule has 1 aromatic heterocycles. The van der Waals surface area contributed by atoms with Gasteiger partial charge in [-0.3, -0.25) is 9.69 Å². The van der Waals surface area contributed by atoms with Crippen LogP contribution in [0.1, 0.15) is 42.6 Å². The van der Waals surface area contributed by atoms with Crippen LogP contribution >= 0.6 is 0 Å². The molecule has 1 aliphatic rings. The molecule has 0 spiro atoms. The van der Waals surface area contributed by atoms with Gasteiger partial charge in [0, 0.05) is 49.5 Å². The lowest BCUT2D eigenvalue weighted by molar-refractivity contribution is 0.103. The van der Waals surface area contributed by atoms with Crippen LogP contribution in [0.3, 0.4) is 0 Å². The molecule has 0 aliphatic carbocycles. The number of aromatic nitrogens is 1. The Labute approximate surface area is 150 Å². The molecule has 0 atom stereocenters. The van der Waals surface area contributed by atoms with Crippen molar-refractivity contribution >= 4 is 11.6 Å². The van der Waals surface area contributed by atoms with Gasteiger partial charge in [-0.1, -0.05) is 44.2 Å². The number of benzene rings is 1. The zero-order valence-corrected chi connectivity index (χ0v) is 15.2. The Morgan fingerprint density at radius 3 is 2.20 bits per heavy atom. The van der Waals surface area contributed by atoms with Crippen LogP contribution in [0.4, 0.5) is 5.82 Å². The average molecular weight is 337 g/mol. The normalized spacial score (nSPS) is 15.6. The van der Waals surface area contributed by atoms with Crippen LogP contribution in [0.15, 0.2) is 48.7 Å². The van der Waals surface area contributed by atoms with Gasteiger partial charge in [0.25, 0.3) is 0 Å². The Kier molecular flexibility index (Phi) is 5.82. The van der Waals surface area contributed by atoms with Crippen molar-refractivity contribution in [2.75, 3.05) is 31.1 Å². The molecular formula is C21H27N3O. The standard InChI is InChI=1S/C21H27N3O/c1-3-19(4-2)23-12-14-24(15-13-23)20-11-10-18(16-22-20)21(25)17-8-6-5-7-9-17/h5-11,16,19H,3-4,12-15H2,1-2H3. The second-order valence-corrected chi connectivity index (χ2v) is 6.59. The number of nitrogens with zero attached hydrogens (tertiary/aromatic N) is 3. The van der Waals surface area contributed by atoms with E-state index in [4.69, 9.17) is 0 Å². The summed E-state index contributed by atoms with van der Waals surface area (Å²) >= 11 is 0. The Hall–Kier alpha value is -2.20. The topological polar surface area (TPSA) is 36.4 Å². The maximum Gasteiger partial charge on any atom is 0.194 e. The van der Waals surface area contributed by atoms with E-state index in [0.29, 0.717) is 17.2 Å². The van der Waals surface area contributed by atoms with Crippen molar-refractivity contribution in [1.82, 2.24) is 9.88 Å². The molecule has 132 valence electrons. The Bertz CT molecular complexity index is 672. The number of carbonyl (C=O) groups excluding carboxylic acids is 1. The maximum absolute atomic E-state index is 12.5. The molecule has 2 heterocycles. The minimum absolute atomic E-state index is 0.0261. The summed E-state index contributed by atoms with van der Waals surface area (Å²) in [6.07, 6.45) is 4.13. The molecule has 2 aromatic rings. The number of pyridine rings is 1. The Morgan fingerprint density at radius 1 is 0.960 bits per heavy atom. The zero-order chi connectivity index (χ0) is 17.6. The van der Waals surface area contributed by atoms with Crippen molar-refractivity contribution in [3.63, 3.8) is 0 Å². The van der Waals surface area contributed by atoms with Gasteiger partial charge in [-0.2, -0.15) is 0 Å². The van der Waals surface area contributed by atoms with Gasteiger partial charge in [-0.25, -0.2) is 4.98 Å². The van der Waals surface area contributed by atoms with Crippen LogP contribution in [-0.2, 0) is 0 Å². The highest BCUT2D eigenvalue weighted by molar-refractivity contribution is 6.08. The van der Waals surface area contributed by atoms with E-state index in [2.05, 4.69) is 28.6 Å². The van der Waals surface area contributed by atoms with Crippen LogP contribution in [0.25, 0.3) is 0 Å². The molecule has 0 bridgehead atoms. The van der Waals surface area contributed by atoms with Gasteiger partial charge in [-0.05, 0) is 25.0 Å². The fourth-order valence-corrected chi connectivity index (χ4v) is 3.58. The minimum Gasteiger partial charge on any atom is -0.354 e.